The third kappa shape index (κ3) is 5.94. The van der Waals surface area contributed by atoms with E-state index < -0.39 is 0 Å². The molecule has 0 aromatic heterocycles. The van der Waals surface area contributed by atoms with Crippen LogP contribution in [-0.4, -0.2) is 37.5 Å². The van der Waals surface area contributed by atoms with Gasteiger partial charge in [-0.2, -0.15) is 0 Å². The van der Waals surface area contributed by atoms with Gasteiger partial charge in [0.15, 0.2) is 0 Å². The first-order valence-electron chi connectivity index (χ1n) is 7.55. The highest BCUT2D eigenvalue weighted by atomic mass is 16.2. The second kappa shape index (κ2) is 6.25. The molecule has 1 rings (SSSR count). The fourth-order valence-corrected chi connectivity index (χ4v) is 3.76. The van der Waals surface area contributed by atoms with Crippen LogP contribution < -0.4 is 5.32 Å². The summed E-state index contributed by atoms with van der Waals surface area (Å²) in [4.78, 5) is 13.2. The standard InChI is InChI=1S/C16H32N2O/c1-15(2)10-13(11-16(3,4)12-15)17-9-7-8-14(19)18(5)6/h13,17H,7-12H2,1-6H3. The molecular weight excluding hydrogens is 236 g/mol. The van der Waals surface area contributed by atoms with Crippen molar-refractivity contribution in [2.75, 3.05) is 20.6 Å². The van der Waals surface area contributed by atoms with E-state index in [-0.39, 0.29) is 5.91 Å². The number of hydrogen-bond acceptors (Lipinski definition) is 2. The molecule has 0 aliphatic heterocycles. The fourth-order valence-electron chi connectivity index (χ4n) is 3.76. The van der Waals surface area contributed by atoms with Gasteiger partial charge in [0.2, 0.25) is 5.91 Å². The maximum absolute atomic E-state index is 11.5. The number of carbonyl (C=O) groups is 1. The fraction of sp³-hybridized carbons (Fsp3) is 0.938. The van der Waals surface area contributed by atoms with E-state index in [2.05, 4.69) is 33.0 Å². The van der Waals surface area contributed by atoms with Crippen molar-refractivity contribution in [1.29, 1.82) is 0 Å². The molecule has 0 bridgehead atoms. The molecule has 3 nitrogen and oxygen atoms in total. The first-order chi connectivity index (χ1) is 8.61. The smallest absolute Gasteiger partial charge is 0.222 e. The van der Waals surface area contributed by atoms with Crippen LogP contribution in [0.4, 0.5) is 0 Å². The number of rotatable bonds is 5. The van der Waals surface area contributed by atoms with Gasteiger partial charge in [-0.1, -0.05) is 27.7 Å². The van der Waals surface area contributed by atoms with Gasteiger partial charge >= 0.3 is 0 Å². The van der Waals surface area contributed by atoms with Crippen LogP contribution in [0.3, 0.4) is 0 Å². The first-order valence-corrected chi connectivity index (χ1v) is 7.55. The summed E-state index contributed by atoms with van der Waals surface area (Å²) in [5, 5.41) is 3.66. The molecular formula is C16H32N2O. The topological polar surface area (TPSA) is 32.3 Å². The molecule has 0 saturated heterocycles. The quantitative estimate of drug-likeness (QED) is 0.777. The minimum atomic E-state index is 0.228. The Hall–Kier alpha value is -0.570. The Bertz CT molecular complexity index is 292. The summed E-state index contributed by atoms with van der Waals surface area (Å²) in [5.74, 6) is 0.228. The lowest BCUT2D eigenvalue weighted by molar-refractivity contribution is -0.128. The van der Waals surface area contributed by atoms with Crippen LogP contribution in [-0.2, 0) is 4.79 Å². The Morgan fingerprint density at radius 2 is 1.68 bits per heavy atom. The minimum absolute atomic E-state index is 0.228. The molecule has 1 saturated carbocycles. The van der Waals surface area contributed by atoms with Crippen LogP contribution in [0.5, 0.6) is 0 Å². The zero-order chi connectivity index (χ0) is 14.7. The van der Waals surface area contributed by atoms with Crippen molar-refractivity contribution in [2.45, 2.75) is 65.8 Å². The third-order valence-electron chi connectivity index (χ3n) is 4.05. The Labute approximate surface area is 119 Å². The highest BCUT2D eigenvalue weighted by Crippen LogP contribution is 2.45. The molecule has 1 aliphatic carbocycles. The van der Waals surface area contributed by atoms with Gasteiger partial charge in [-0.3, -0.25) is 4.79 Å². The normalized spacial score (nSPS) is 22.2. The Morgan fingerprint density at radius 3 is 2.16 bits per heavy atom. The molecule has 0 atom stereocenters. The third-order valence-corrected chi connectivity index (χ3v) is 4.05. The Balaban J connectivity index is 2.31. The average Bonchev–Trinajstić information content (AvgIpc) is 2.19. The highest BCUT2D eigenvalue weighted by Gasteiger charge is 2.37. The van der Waals surface area contributed by atoms with Crippen molar-refractivity contribution in [2.24, 2.45) is 10.8 Å². The lowest BCUT2D eigenvalue weighted by Gasteiger charge is -2.45. The van der Waals surface area contributed by atoms with Gasteiger partial charge in [0.1, 0.15) is 0 Å². The van der Waals surface area contributed by atoms with E-state index in [9.17, 15) is 4.79 Å². The summed E-state index contributed by atoms with van der Waals surface area (Å²) >= 11 is 0. The van der Waals surface area contributed by atoms with Gasteiger partial charge in [-0.15, -0.1) is 0 Å². The average molecular weight is 268 g/mol. The predicted octanol–water partition coefficient (Wildman–Crippen LogP) is 3.05. The zero-order valence-electron chi connectivity index (χ0n) is 13.7. The summed E-state index contributed by atoms with van der Waals surface area (Å²) in [6, 6.07) is 0.605. The molecule has 19 heavy (non-hydrogen) atoms. The molecule has 1 aliphatic rings. The molecule has 112 valence electrons. The van der Waals surface area contributed by atoms with E-state index in [0.29, 0.717) is 23.3 Å². The van der Waals surface area contributed by atoms with E-state index in [1.54, 1.807) is 4.90 Å². The molecule has 0 aromatic carbocycles. The predicted molar refractivity (Wildman–Crippen MR) is 81.1 cm³/mol. The number of carbonyl (C=O) groups excluding carboxylic acids is 1. The van der Waals surface area contributed by atoms with Crippen molar-refractivity contribution in [1.82, 2.24) is 10.2 Å². The van der Waals surface area contributed by atoms with Gasteiger partial charge < -0.3 is 10.2 Å². The zero-order valence-corrected chi connectivity index (χ0v) is 13.7. The van der Waals surface area contributed by atoms with Crippen LogP contribution in [0.15, 0.2) is 0 Å². The second-order valence-electron chi connectivity index (χ2n) is 7.96. The number of amides is 1. The van der Waals surface area contributed by atoms with Gasteiger partial charge in [0, 0.05) is 26.6 Å². The molecule has 1 fully saturated rings. The molecule has 1 amide bonds. The SMILES string of the molecule is CN(C)C(=O)CCCNC1CC(C)(C)CC(C)(C)C1. The van der Waals surface area contributed by atoms with E-state index in [0.717, 1.165) is 13.0 Å². The largest absolute Gasteiger partial charge is 0.349 e. The number of hydrogen-bond donors (Lipinski definition) is 1. The summed E-state index contributed by atoms with van der Waals surface area (Å²) < 4.78 is 0. The van der Waals surface area contributed by atoms with Crippen molar-refractivity contribution >= 4 is 5.91 Å². The Kier molecular flexibility index (Phi) is 5.43. The van der Waals surface area contributed by atoms with Crippen LogP contribution >= 0.6 is 0 Å². The van der Waals surface area contributed by atoms with Gasteiger partial charge in [0.05, 0.1) is 0 Å². The van der Waals surface area contributed by atoms with Gasteiger partial charge in [0.25, 0.3) is 0 Å². The second-order valence-corrected chi connectivity index (χ2v) is 7.96. The maximum atomic E-state index is 11.5. The first kappa shape index (κ1) is 16.5. The Morgan fingerprint density at radius 1 is 1.16 bits per heavy atom. The van der Waals surface area contributed by atoms with E-state index >= 15 is 0 Å². The molecule has 0 radical (unpaired) electrons. The monoisotopic (exact) mass is 268 g/mol. The molecule has 0 unspecified atom stereocenters. The van der Waals surface area contributed by atoms with E-state index in [4.69, 9.17) is 0 Å². The maximum Gasteiger partial charge on any atom is 0.222 e. The summed E-state index contributed by atoms with van der Waals surface area (Å²) in [6.45, 7) is 10.4. The minimum Gasteiger partial charge on any atom is -0.349 e. The summed E-state index contributed by atoms with van der Waals surface area (Å²) in [5.41, 5.74) is 0.859. The van der Waals surface area contributed by atoms with Crippen molar-refractivity contribution < 1.29 is 4.79 Å². The summed E-state index contributed by atoms with van der Waals surface area (Å²) in [7, 11) is 3.64. The molecule has 1 N–H and O–H groups in total. The van der Waals surface area contributed by atoms with Gasteiger partial charge in [-0.25, -0.2) is 0 Å². The molecule has 0 heterocycles. The number of nitrogens with zero attached hydrogens (tertiary/aromatic N) is 1. The van der Waals surface area contributed by atoms with Crippen molar-refractivity contribution in [3.8, 4) is 0 Å². The molecule has 0 aromatic rings. The molecule has 3 heteroatoms. The van der Waals surface area contributed by atoms with Crippen LogP contribution in [0, 0.1) is 10.8 Å². The van der Waals surface area contributed by atoms with Crippen LogP contribution in [0.25, 0.3) is 0 Å². The van der Waals surface area contributed by atoms with E-state index in [1.165, 1.54) is 19.3 Å². The molecule has 0 spiro atoms. The lowest BCUT2D eigenvalue weighted by Crippen LogP contribution is -2.44. The number of nitrogens with one attached hydrogen (secondary N) is 1. The van der Waals surface area contributed by atoms with Crippen LogP contribution in [0.1, 0.15) is 59.8 Å². The van der Waals surface area contributed by atoms with Crippen LogP contribution in [0.2, 0.25) is 0 Å². The van der Waals surface area contributed by atoms with E-state index in [1.807, 2.05) is 14.1 Å². The highest BCUT2D eigenvalue weighted by molar-refractivity contribution is 5.75. The van der Waals surface area contributed by atoms with Crippen molar-refractivity contribution in [3.63, 3.8) is 0 Å². The van der Waals surface area contributed by atoms with Crippen molar-refractivity contribution in [3.05, 3.63) is 0 Å². The van der Waals surface area contributed by atoms with Gasteiger partial charge in [-0.05, 0) is 43.1 Å². The summed E-state index contributed by atoms with van der Waals surface area (Å²) in [6.07, 6.45) is 5.39. The lowest BCUT2D eigenvalue weighted by atomic mass is 9.63.